The molecule has 0 bridgehead atoms. The summed E-state index contributed by atoms with van der Waals surface area (Å²) in [6.45, 7) is 2.54. The highest BCUT2D eigenvalue weighted by atomic mass is 16.8. The molecule has 0 radical (unpaired) electrons. The van der Waals surface area contributed by atoms with Gasteiger partial charge in [-0.25, -0.2) is 0 Å². The minimum Gasteiger partial charge on any atom is -0.352 e. The highest BCUT2D eigenvalue weighted by molar-refractivity contribution is 5.95. The molecule has 1 saturated heterocycles. The summed E-state index contributed by atoms with van der Waals surface area (Å²) in [7, 11) is 2.41. The van der Waals surface area contributed by atoms with Gasteiger partial charge in [-0.05, 0) is 13.8 Å². The molecule has 2 fully saturated rings. The van der Waals surface area contributed by atoms with E-state index in [-0.39, 0.29) is 0 Å². The van der Waals surface area contributed by atoms with Gasteiger partial charge in [0.2, 0.25) is 0 Å². The molecule has 4 atom stereocenters. The Bertz CT molecular complexity index is 645. The van der Waals surface area contributed by atoms with Gasteiger partial charge in [0.15, 0.2) is 16.6 Å². The number of carbonyl (C=O) groups is 1. The molecule has 0 aromatic rings. The summed E-state index contributed by atoms with van der Waals surface area (Å²) in [5, 5.41) is 28.7. The Labute approximate surface area is 121 Å². The number of nitrogens with two attached hydrogens (primary N) is 1. The number of nitrogens with zero attached hydrogens (tertiary/aromatic N) is 3. The highest BCUT2D eigenvalue weighted by Crippen LogP contribution is 2.89. The van der Waals surface area contributed by atoms with E-state index in [1.165, 1.54) is 28.1 Å². The van der Waals surface area contributed by atoms with Crippen molar-refractivity contribution in [3.63, 3.8) is 0 Å². The third-order valence-corrected chi connectivity index (χ3v) is 4.90. The topological polar surface area (TPSA) is 142 Å². The van der Waals surface area contributed by atoms with Crippen LogP contribution in [0.3, 0.4) is 0 Å². The molecule has 0 spiro atoms. The van der Waals surface area contributed by atoms with Crippen molar-refractivity contribution >= 4 is 5.78 Å². The molecule has 8 heteroatoms. The van der Waals surface area contributed by atoms with E-state index in [1.54, 1.807) is 12.1 Å². The highest BCUT2D eigenvalue weighted by Gasteiger charge is 3.08. The van der Waals surface area contributed by atoms with Crippen molar-refractivity contribution in [2.45, 2.75) is 25.5 Å². The molecule has 0 unspecified atom stereocenters. The number of Topliss-reactive ketones (excluding diaryl/α,β-unsaturated/α-hetero) is 1. The molecule has 1 heterocycles. The first kappa shape index (κ1) is 15.4. The molecule has 21 heavy (non-hydrogen) atoms. The van der Waals surface area contributed by atoms with E-state index < -0.39 is 33.7 Å². The van der Waals surface area contributed by atoms with Crippen molar-refractivity contribution in [2.75, 3.05) is 14.2 Å². The summed E-state index contributed by atoms with van der Waals surface area (Å²) in [5.41, 5.74) is 0.128. The van der Waals surface area contributed by atoms with Gasteiger partial charge in [0.25, 0.3) is 5.91 Å². The lowest BCUT2D eigenvalue weighted by Gasteiger charge is -2.37. The number of hydrogen-bond donors (Lipinski definition) is 1. The van der Waals surface area contributed by atoms with Gasteiger partial charge in [0.1, 0.15) is 11.2 Å². The van der Waals surface area contributed by atoms with Crippen molar-refractivity contribution in [3.8, 4) is 18.2 Å². The van der Waals surface area contributed by atoms with Crippen LogP contribution in [0.4, 0.5) is 0 Å². The quantitative estimate of drug-likeness (QED) is 0.702. The molecule has 2 aliphatic rings. The van der Waals surface area contributed by atoms with E-state index in [0.29, 0.717) is 0 Å². The molecule has 1 saturated carbocycles. The Morgan fingerprint density at radius 3 is 1.95 bits per heavy atom. The van der Waals surface area contributed by atoms with E-state index in [9.17, 15) is 20.6 Å². The number of methoxy groups -OCH3 is 2. The summed E-state index contributed by atoms with van der Waals surface area (Å²) in [6.07, 6.45) is 0. The largest absolute Gasteiger partial charge is 0.352 e. The first-order chi connectivity index (χ1) is 9.70. The van der Waals surface area contributed by atoms with Crippen LogP contribution in [0.15, 0.2) is 0 Å². The van der Waals surface area contributed by atoms with Gasteiger partial charge in [-0.15, -0.1) is 0 Å². The number of ketones is 1. The molecule has 0 aromatic heterocycles. The first-order valence-corrected chi connectivity index (χ1v) is 6.05. The fourth-order valence-electron chi connectivity index (χ4n) is 4.05. The Morgan fingerprint density at radius 1 is 1.14 bits per heavy atom. The lowest BCUT2D eigenvalue weighted by Crippen LogP contribution is -2.55. The van der Waals surface area contributed by atoms with Crippen LogP contribution in [-0.2, 0) is 19.0 Å². The maximum atomic E-state index is 12.4. The van der Waals surface area contributed by atoms with Crippen LogP contribution in [0.1, 0.15) is 13.8 Å². The zero-order chi connectivity index (χ0) is 16.3. The second-order valence-corrected chi connectivity index (χ2v) is 5.27. The summed E-state index contributed by atoms with van der Waals surface area (Å²) < 4.78 is 15.8. The smallest absolute Gasteiger partial charge is 0.250 e. The van der Waals surface area contributed by atoms with Gasteiger partial charge in [-0.1, -0.05) is 0 Å². The monoisotopic (exact) mass is 290 g/mol. The number of hydrogen-bond acceptors (Lipinski definition) is 8. The number of carbonyl (C=O) groups excluding carboxylic acids is 1. The molecule has 0 aromatic carbocycles. The molecule has 1 aliphatic carbocycles. The Balaban J connectivity index is 2.97. The average Bonchev–Trinajstić information content (AvgIpc) is 3.00. The third kappa shape index (κ3) is 0.994. The van der Waals surface area contributed by atoms with Crippen molar-refractivity contribution in [2.24, 2.45) is 22.0 Å². The second kappa shape index (κ2) is 3.79. The number of ether oxygens (including phenoxy) is 3. The maximum absolute atomic E-state index is 12.4. The molecule has 1 aliphatic heterocycles. The second-order valence-electron chi connectivity index (χ2n) is 5.27. The molecular weight excluding hydrogens is 276 g/mol. The predicted octanol–water partition coefficient (Wildman–Crippen LogP) is -0.229. The number of nitriles is 3. The Hall–Kier alpha value is -2.02. The number of fused-ring (bicyclic) bond motifs is 1. The lowest BCUT2D eigenvalue weighted by atomic mass is 9.82. The van der Waals surface area contributed by atoms with Crippen LogP contribution in [0, 0.1) is 50.2 Å². The standard InChI is InChI=1S/C13H14N4O4/c1-8(18)12-9(2,19-3)21-13(17,20-4)11(12,7-16)10(12,5-14)6-15/h17H2,1-4H3/t9-,11+,12-,13-/m0/s1. The van der Waals surface area contributed by atoms with Crippen LogP contribution < -0.4 is 5.73 Å². The first-order valence-electron chi connectivity index (χ1n) is 6.05. The lowest BCUT2D eigenvalue weighted by molar-refractivity contribution is -0.335. The van der Waals surface area contributed by atoms with E-state index in [4.69, 9.17) is 19.9 Å². The normalized spacial score (nSPS) is 45.8. The van der Waals surface area contributed by atoms with E-state index >= 15 is 0 Å². The van der Waals surface area contributed by atoms with Gasteiger partial charge in [0, 0.05) is 14.2 Å². The molecular formula is C13H14N4O4. The molecule has 110 valence electrons. The predicted molar refractivity (Wildman–Crippen MR) is 65.2 cm³/mol. The number of rotatable bonds is 3. The Morgan fingerprint density at radius 2 is 1.67 bits per heavy atom. The molecule has 8 nitrogen and oxygen atoms in total. The van der Waals surface area contributed by atoms with Crippen molar-refractivity contribution in [3.05, 3.63) is 0 Å². The zero-order valence-corrected chi connectivity index (χ0v) is 12.1. The molecule has 2 N–H and O–H groups in total. The Kier molecular flexibility index (Phi) is 2.77. The molecule has 2 rings (SSSR count). The van der Waals surface area contributed by atoms with Gasteiger partial charge >= 0.3 is 0 Å². The van der Waals surface area contributed by atoms with Crippen LogP contribution in [0.2, 0.25) is 0 Å². The van der Waals surface area contributed by atoms with Crippen molar-refractivity contribution < 1.29 is 19.0 Å². The van der Waals surface area contributed by atoms with Crippen molar-refractivity contribution in [1.29, 1.82) is 15.8 Å². The summed E-state index contributed by atoms with van der Waals surface area (Å²) in [4.78, 5) is 12.4. The average molecular weight is 290 g/mol. The van der Waals surface area contributed by atoms with E-state index in [1.807, 2.05) is 6.07 Å². The summed E-state index contributed by atoms with van der Waals surface area (Å²) >= 11 is 0. The van der Waals surface area contributed by atoms with Gasteiger partial charge in [-0.3, -0.25) is 10.5 Å². The van der Waals surface area contributed by atoms with E-state index in [2.05, 4.69) is 0 Å². The zero-order valence-electron chi connectivity index (χ0n) is 12.1. The van der Waals surface area contributed by atoms with Crippen LogP contribution in [0.25, 0.3) is 0 Å². The van der Waals surface area contributed by atoms with Crippen LogP contribution in [0.5, 0.6) is 0 Å². The maximum Gasteiger partial charge on any atom is 0.250 e. The van der Waals surface area contributed by atoms with Gasteiger partial charge in [-0.2, -0.15) is 15.8 Å². The minimum absolute atomic E-state index is 0.596. The van der Waals surface area contributed by atoms with Crippen LogP contribution >= 0.6 is 0 Å². The van der Waals surface area contributed by atoms with E-state index in [0.717, 1.165) is 0 Å². The van der Waals surface area contributed by atoms with Gasteiger partial charge in [0.05, 0.1) is 18.2 Å². The third-order valence-electron chi connectivity index (χ3n) is 4.90. The SMILES string of the molecule is CO[C@@]1(C)O[C@@](N)(OC)[C@]2(C#N)C(C#N)(C#N)[C@]12C(C)=O. The molecule has 0 amide bonds. The van der Waals surface area contributed by atoms with Gasteiger partial charge < -0.3 is 14.2 Å². The fraction of sp³-hybridized carbons (Fsp3) is 0.692. The minimum atomic E-state index is -2.12. The summed E-state index contributed by atoms with van der Waals surface area (Å²) in [5.74, 6) is -4.46. The van der Waals surface area contributed by atoms with Crippen LogP contribution in [-0.4, -0.2) is 31.7 Å². The van der Waals surface area contributed by atoms with Crippen molar-refractivity contribution in [1.82, 2.24) is 0 Å². The fourth-order valence-corrected chi connectivity index (χ4v) is 4.05. The summed E-state index contributed by atoms with van der Waals surface area (Å²) in [6, 6.07) is 5.38.